The molecule has 4 nitrogen and oxygen atoms in total. The SMILES string of the molecule is CC(=O)OC1/C=C/C2CCC(C)(C)OC(=O)C2/C=C\C=C\C1C. The van der Waals surface area contributed by atoms with Crippen LogP contribution in [-0.4, -0.2) is 23.6 Å². The van der Waals surface area contributed by atoms with Crippen molar-refractivity contribution in [2.75, 3.05) is 0 Å². The van der Waals surface area contributed by atoms with E-state index in [2.05, 4.69) is 0 Å². The molecule has 1 saturated heterocycles. The van der Waals surface area contributed by atoms with Crippen LogP contribution in [0.5, 0.6) is 0 Å². The van der Waals surface area contributed by atoms with E-state index in [4.69, 9.17) is 9.47 Å². The monoisotopic (exact) mass is 318 g/mol. The normalized spacial score (nSPS) is 37.5. The fourth-order valence-corrected chi connectivity index (χ4v) is 3.00. The van der Waals surface area contributed by atoms with E-state index in [1.807, 2.05) is 57.2 Å². The zero-order valence-corrected chi connectivity index (χ0v) is 14.3. The molecule has 2 rings (SSSR count). The Morgan fingerprint density at radius 2 is 1.91 bits per heavy atom. The molecule has 0 spiro atoms. The lowest BCUT2D eigenvalue weighted by Gasteiger charge is -2.22. The van der Waals surface area contributed by atoms with Crippen LogP contribution in [0.2, 0.25) is 0 Å². The van der Waals surface area contributed by atoms with Crippen LogP contribution < -0.4 is 0 Å². The zero-order chi connectivity index (χ0) is 17.0. The molecule has 1 fully saturated rings. The second kappa shape index (κ2) is 7.16. The van der Waals surface area contributed by atoms with E-state index in [0.717, 1.165) is 12.8 Å². The Hall–Kier alpha value is -1.84. The summed E-state index contributed by atoms with van der Waals surface area (Å²) in [7, 11) is 0. The van der Waals surface area contributed by atoms with E-state index in [1.165, 1.54) is 6.92 Å². The van der Waals surface area contributed by atoms with Gasteiger partial charge in [-0.1, -0.05) is 37.3 Å². The van der Waals surface area contributed by atoms with Crippen molar-refractivity contribution in [3.63, 3.8) is 0 Å². The summed E-state index contributed by atoms with van der Waals surface area (Å²) >= 11 is 0. The van der Waals surface area contributed by atoms with Crippen molar-refractivity contribution in [1.82, 2.24) is 0 Å². The number of carbonyl (C=O) groups excluding carboxylic acids is 2. The Bertz CT molecular complexity index is 542. The molecule has 1 aliphatic heterocycles. The molecular weight excluding hydrogens is 292 g/mol. The van der Waals surface area contributed by atoms with Crippen molar-refractivity contribution < 1.29 is 19.1 Å². The summed E-state index contributed by atoms with van der Waals surface area (Å²) in [6, 6.07) is 0. The molecule has 4 heteroatoms. The van der Waals surface area contributed by atoms with Gasteiger partial charge in [-0.25, -0.2) is 0 Å². The molecule has 0 bridgehead atoms. The first-order valence-electron chi connectivity index (χ1n) is 8.22. The third kappa shape index (κ3) is 4.81. The standard InChI is InChI=1S/C19H26O4/c1-13-7-5-6-8-16-15(9-10-17(13)22-14(2)20)11-12-19(3,4)23-18(16)21/h5-10,13,15-17H,11-12H2,1-4H3/b7-5+,8-6-,10-9+. The van der Waals surface area contributed by atoms with E-state index in [9.17, 15) is 9.59 Å². The summed E-state index contributed by atoms with van der Waals surface area (Å²) < 4.78 is 11.0. The quantitative estimate of drug-likeness (QED) is 0.548. The smallest absolute Gasteiger partial charge is 0.313 e. The van der Waals surface area contributed by atoms with Crippen LogP contribution in [0.3, 0.4) is 0 Å². The van der Waals surface area contributed by atoms with Crippen LogP contribution in [-0.2, 0) is 19.1 Å². The Labute approximate surface area is 138 Å². The third-order valence-electron chi connectivity index (χ3n) is 4.40. The highest BCUT2D eigenvalue weighted by Gasteiger charge is 2.36. The minimum Gasteiger partial charge on any atom is -0.459 e. The predicted molar refractivity (Wildman–Crippen MR) is 88.5 cm³/mol. The van der Waals surface area contributed by atoms with E-state index in [1.54, 1.807) is 0 Å². The molecule has 126 valence electrons. The van der Waals surface area contributed by atoms with Crippen LogP contribution in [0.1, 0.15) is 40.5 Å². The summed E-state index contributed by atoms with van der Waals surface area (Å²) in [6.07, 6.45) is 13.0. The van der Waals surface area contributed by atoms with Crippen molar-refractivity contribution in [2.45, 2.75) is 52.2 Å². The third-order valence-corrected chi connectivity index (χ3v) is 4.40. The van der Waals surface area contributed by atoms with E-state index >= 15 is 0 Å². The summed E-state index contributed by atoms with van der Waals surface area (Å²) in [4.78, 5) is 23.8. The molecule has 4 unspecified atom stereocenters. The van der Waals surface area contributed by atoms with Crippen LogP contribution in [0, 0.1) is 17.8 Å². The first-order valence-corrected chi connectivity index (χ1v) is 8.22. The van der Waals surface area contributed by atoms with Crippen molar-refractivity contribution >= 4 is 11.9 Å². The lowest BCUT2D eigenvalue weighted by molar-refractivity contribution is -0.158. The molecule has 0 saturated carbocycles. The minimum absolute atomic E-state index is 0.0530. The van der Waals surface area contributed by atoms with Crippen molar-refractivity contribution in [1.29, 1.82) is 0 Å². The van der Waals surface area contributed by atoms with Gasteiger partial charge in [0.15, 0.2) is 0 Å². The van der Waals surface area contributed by atoms with Gasteiger partial charge in [0.05, 0.1) is 5.92 Å². The average molecular weight is 318 g/mol. The molecule has 0 radical (unpaired) electrons. The highest BCUT2D eigenvalue weighted by Crippen LogP contribution is 2.33. The summed E-state index contributed by atoms with van der Waals surface area (Å²) in [5, 5.41) is 0. The number of allylic oxidation sites excluding steroid dienone is 3. The molecule has 23 heavy (non-hydrogen) atoms. The predicted octanol–water partition coefficient (Wildman–Crippen LogP) is 3.58. The average Bonchev–Trinajstić information content (AvgIpc) is 2.55. The summed E-state index contributed by atoms with van der Waals surface area (Å²) in [5.41, 5.74) is -0.440. The van der Waals surface area contributed by atoms with Gasteiger partial charge in [-0.15, -0.1) is 0 Å². The van der Waals surface area contributed by atoms with Gasteiger partial charge in [0.2, 0.25) is 0 Å². The number of carbonyl (C=O) groups is 2. The first kappa shape index (κ1) is 17.5. The van der Waals surface area contributed by atoms with Crippen LogP contribution in [0.25, 0.3) is 0 Å². The van der Waals surface area contributed by atoms with Gasteiger partial charge < -0.3 is 9.47 Å². The number of hydrogen-bond donors (Lipinski definition) is 0. The number of esters is 2. The maximum absolute atomic E-state index is 12.4. The molecule has 0 aromatic heterocycles. The number of ether oxygens (including phenoxy) is 2. The molecule has 0 N–H and O–H groups in total. The minimum atomic E-state index is -0.440. The topological polar surface area (TPSA) is 52.6 Å². The van der Waals surface area contributed by atoms with Gasteiger partial charge in [-0.2, -0.15) is 0 Å². The Kier molecular flexibility index (Phi) is 5.45. The van der Waals surface area contributed by atoms with Crippen molar-refractivity contribution in [3.8, 4) is 0 Å². The number of cyclic esters (lactones) is 1. The lowest BCUT2D eigenvalue weighted by atomic mass is 9.85. The van der Waals surface area contributed by atoms with Crippen LogP contribution >= 0.6 is 0 Å². The Balaban J connectivity index is 2.31. The zero-order valence-electron chi connectivity index (χ0n) is 14.3. The highest BCUT2D eigenvalue weighted by atomic mass is 16.6. The van der Waals surface area contributed by atoms with Gasteiger partial charge in [-0.05, 0) is 38.7 Å². The second-order valence-electron chi connectivity index (χ2n) is 7.00. The number of fused-ring (bicyclic) bond motifs is 1. The fraction of sp³-hybridized carbons (Fsp3) is 0.579. The molecule has 1 aliphatic carbocycles. The molecule has 4 atom stereocenters. The first-order chi connectivity index (χ1) is 10.8. The highest BCUT2D eigenvalue weighted by molar-refractivity contribution is 5.76. The van der Waals surface area contributed by atoms with Gasteiger partial charge in [0.1, 0.15) is 11.7 Å². The van der Waals surface area contributed by atoms with Gasteiger partial charge in [-0.3, -0.25) is 9.59 Å². The molecule has 0 amide bonds. The number of hydrogen-bond acceptors (Lipinski definition) is 4. The van der Waals surface area contributed by atoms with Gasteiger partial charge in [0, 0.05) is 12.8 Å². The molecule has 1 heterocycles. The van der Waals surface area contributed by atoms with E-state index in [-0.39, 0.29) is 35.8 Å². The van der Waals surface area contributed by atoms with Crippen molar-refractivity contribution in [2.24, 2.45) is 17.8 Å². The largest absolute Gasteiger partial charge is 0.459 e. The fourth-order valence-electron chi connectivity index (χ4n) is 3.00. The maximum Gasteiger partial charge on any atom is 0.313 e. The Morgan fingerprint density at radius 3 is 2.61 bits per heavy atom. The molecule has 0 aromatic rings. The maximum atomic E-state index is 12.4. The van der Waals surface area contributed by atoms with Gasteiger partial charge >= 0.3 is 11.9 Å². The second-order valence-corrected chi connectivity index (χ2v) is 7.00. The molecule has 2 aliphatic rings. The summed E-state index contributed by atoms with van der Waals surface area (Å²) in [6.45, 7) is 7.31. The summed E-state index contributed by atoms with van der Waals surface area (Å²) in [5.74, 6) is -0.665. The Morgan fingerprint density at radius 1 is 1.22 bits per heavy atom. The lowest BCUT2D eigenvalue weighted by Crippen LogP contribution is -2.28. The molecule has 0 aromatic carbocycles. The van der Waals surface area contributed by atoms with Gasteiger partial charge in [0.25, 0.3) is 0 Å². The molecular formula is C19H26O4. The van der Waals surface area contributed by atoms with E-state index in [0.29, 0.717) is 0 Å². The van der Waals surface area contributed by atoms with Crippen molar-refractivity contribution in [3.05, 3.63) is 36.5 Å². The van der Waals surface area contributed by atoms with Crippen LogP contribution in [0.15, 0.2) is 36.5 Å². The van der Waals surface area contributed by atoms with Crippen LogP contribution in [0.4, 0.5) is 0 Å². The number of rotatable bonds is 1. The van der Waals surface area contributed by atoms with E-state index < -0.39 is 5.60 Å².